The lowest BCUT2D eigenvalue weighted by Gasteiger charge is -2.16. The van der Waals surface area contributed by atoms with Crippen LogP contribution in [0.25, 0.3) is 0 Å². The van der Waals surface area contributed by atoms with E-state index in [1.807, 2.05) is 0 Å². The first-order valence-corrected chi connectivity index (χ1v) is 10.1. The van der Waals surface area contributed by atoms with E-state index in [4.69, 9.17) is 8.85 Å². The smallest absolute Gasteiger partial charge is 0.469 e. The van der Waals surface area contributed by atoms with Crippen LogP contribution in [-0.2, 0) is 18.4 Å². The highest BCUT2D eigenvalue weighted by molar-refractivity contribution is 9.50. The van der Waals surface area contributed by atoms with Gasteiger partial charge in [0.2, 0.25) is 0 Å². The minimum absolute atomic E-state index is 0.246. The molecular formula is C6H10Br2O4Si. The Kier molecular flexibility index (Phi) is 5.82. The summed E-state index contributed by atoms with van der Waals surface area (Å²) >= 11 is 6.07. The molecule has 13 heavy (non-hydrogen) atoms. The van der Waals surface area contributed by atoms with Gasteiger partial charge < -0.3 is 8.85 Å². The van der Waals surface area contributed by atoms with Gasteiger partial charge in [-0.2, -0.15) is 0 Å². The van der Waals surface area contributed by atoms with E-state index in [0.29, 0.717) is 0 Å². The molecule has 0 aromatic rings. The Labute approximate surface area is 93.4 Å². The van der Waals surface area contributed by atoms with Gasteiger partial charge in [-0.25, -0.2) is 0 Å². The molecule has 0 amide bonds. The second-order valence-electron chi connectivity index (χ2n) is 2.12. The molecule has 0 heterocycles. The highest BCUT2D eigenvalue weighted by atomic mass is 79.9. The van der Waals surface area contributed by atoms with Crippen molar-refractivity contribution in [1.82, 2.24) is 0 Å². The molecule has 0 aliphatic heterocycles. The summed E-state index contributed by atoms with van der Waals surface area (Å²) in [7, 11) is 0. The molecule has 7 heteroatoms. The van der Waals surface area contributed by atoms with E-state index in [0.717, 1.165) is 0 Å². The van der Waals surface area contributed by atoms with Crippen molar-refractivity contribution in [1.29, 1.82) is 0 Å². The van der Waals surface area contributed by atoms with Gasteiger partial charge in [-0.15, -0.1) is 0 Å². The van der Waals surface area contributed by atoms with Gasteiger partial charge in [-0.05, 0) is 30.6 Å². The van der Waals surface area contributed by atoms with Crippen molar-refractivity contribution in [2.45, 2.75) is 26.7 Å². The van der Waals surface area contributed by atoms with Crippen LogP contribution in [0, 0.1) is 0 Å². The zero-order valence-electron chi connectivity index (χ0n) is 7.30. The van der Waals surface area contributed by atoms with Crippen molar-refractivity contribution in [3.63, 3.8) is 0 Å². The Morgan fingerprint density at radius 3 is 1.62 bits per heavy atom. The van der Waals surface area contributed by atoms with Crippen LogP contribution in [0.5, 0.6) is 0 Å². The van der Waals surface area contributed by atoms with Crippen LogP contribution in [0.3, 0.4) is 0 Å². The van der Waals surface area contributed by atoms with Gasteiger partial charge in [-0.3, -0.25) is 9.59 Å². The van der Waals surface area contributed by atoms with E-state index in [1.54, 1.807) is 13.8 Å². The van der Waals surface area contributed by atoms with Crippen LogP contribution in [0.4, 0.5) is 0 Å². The topological polar surface area (TPSA) is 52.6 Å². The molecule has 0 atom stereocenters. The lowest BCUT2D eigenvalue weighted by Crippen LogP contribution is -2.33. The highest BCUT2D eigenvalue weighted by Crippen LogP contribution is 2.24. The number of rotatable bonds is 4. The van der Waals surface area contributed by atoms with Crippen LogP contribution in [0.1, 0.15) is 26.7 Å². The van der Waals surface area contributed by atoms with Gasteiger partial charge in [0.25, 0.3) is 11.9 Å². The van der Waals surface area contributed by atoms with Crippen molar-refractivity contribution in [3.05, 3.63) is 0 Å². The fourth-order valence-electron chi connectivity index (χ4n) is 0.430. The number of carbonyl (C=O) groups is 2. The Morgan fingerprint density at radius 1 is 1.08 bits per heavy atom. The summed E-state index contributed by atoms with van der Waals surface area (Å²) in [6.07, 6.45) is 0.491. The van der Waals surface area contributed by atoms with Crippen molar-refractivity contribution in [2.24, 2.45) is 0 Å². The average molecular weight is 334 g/mol. The van der Waals surface area contributed by atoms with E-state index in [2.05, 4.69) is 30.6 Å². The molecule has 0 bridgehead atoms. The quantitative estimate of drug-likeness (QED) is 0.584. The van der Waals surface area contributed by atoms with Gasteiger partial charge in [-0.1, -0.05) is 13.8 Å². The number of halogens is 2. The molecule has 0 aromatic heterocycles. The summed E-state index contributed by atoms with van der Waals surface area (Å²) in [5.41, 5.74) is 0. The van der Waals surface area contributed by atoms with Gasteiger partial charge in [0.1, 0.15) is 0 Å². The normalized spacial score (nSPS) is 10.8. The van der Waals surface area contributed by atoms with Gasteiger partial charge >= 0.3 is 5.80 Å². The van der Waals surface area contributed by atoms with Crippen molar-refractivity contribution < 1.29 is 18.4 Å². The van der Waals surface area contributed by atoms with Crippen LogP contribution in [-0.4, -0.2) is 17.7 Å². The van der Waals surface area contributed by atoms with E-state index in [-0.39, 0.29) is 12.8 Å². The third-order valence-corrected chi connectivity index (χ3v) is 3.92. The molecule has 0 saturated heterocycles. The van der Waals surface area contributed by atoms with E-state index >= 15 is 0 Å². The van der Waals surface area contributed by atoms with Crippen LogP contribution < -0.4 is 0 Å². The first kappa shape index (κ1) is 13.1. The van der Waals surface area contributed by atoms with E-state index in [1.165, 1.54) is 0 Å². The van der Waals surface area contributed by atoms with E-state index in [9.17, 15) is 9.59 Å². The third kappa shape index (κ3) is 6.22. The summed E-state index contributed by atoms with van der Waals surface area (Å²) in [4.78, 5) is 21.7. The van der Waals surface area contributed by atoms with E-state index < -0.39 is 17.7 Å². The molecule has 4 nitrogen and oxygen atoms in total. The summed E-state index contributed by atoms with van der Waals surface area (Å²) in [5.74, 6) is -3.77. The maximum Gasteiger partial charge on any atom is 0.618 e. The van der Waals surface area contributed by atoms with Crippen LogP contribution >= 0.6 is 30.6 Å². The average Bonchev–Trinajstić information content (AvgIpc) is 2.02. The first-order valence-electron chi connectivity index (χ1n) is 3.72. The lowest BCUT2D eigenvalue weighted by atomic mass is 10.5. The molecular weight excluding hydrogens is 324 g/mol. The highest BCUT2D eigenvalue weighted by Gasteiger charge is 2.39. The summed E-state index contributed by atoms with van der Waals surface area (Å²) < 4.78 is 9.70. The molecule has 0 N–H and O–H groups in total. The molecule has 0 aromatic carbocycles. The Hall–Kier alpha value is 0.117. The monoisotopic (exact) mass is 332 g/mol. The number of carbonyl (C=O) groups excluding carboxylic acids is 2. The summed E-state index contributed by atoms with van der Waals surface area (Å²) in [5, 5.41) is 0. The maximum atomic E-state index is 10.9. The Balaban J connectivity index is 4.07. The molecule has 76 valence electrons. The number of hydrogen-bond acceptors (Lipinski definition) is 4. The fourth-order valence-corrected chi connectivity index (χ4v) is 3.46. The zero-order valence-corrected chi connectivity index (χ0v) is 11.5. The molecule has 0 aliphatic carbocycles. The molecule has 0 spiro atoms. The Bertz CT molecular complexity index is 187. The zero-order chi connectivity index (χ0) is 10.5. The molecule has 0 rings (SSSR count). The number of hydrogen-bond donors (Lipinski definition) is 0. The van der Waals surface area contributed by atoms with Gasteiger partial charge in [0.05, 0.1) is 0 Å². The largest absolute Gasteiger partial charge is 0.618 e. The molecule has 0 saturated carbocycles. The standard InChI is InChI=1S/C6H10Br2O4Si/c1-3-5(9)11-13(7,8)12-6(10)4-2/h3-4H2,1-2H3. The lowest BCUT2D eigenvalue weighted by molar-refractivity contribution is -0.139. The summed E-state index contributed by atoms with van der Waals surface area (Å²) in [6, 6.07) is 0. The predicted octanol–water partition coefficient (Wildman–Crippen LogP) is 2.12. The minimum Gasteiger partial charge on any atom is -0.469 e. The minimum atomic E-state index is -2.95. The molecule has 0 unspecified atom stereocenters. The fraction of sp³-hybridized carbons (Fsp3) is 0.667. The molecule has 0 fully saturated rings. The SMILES string of the molecule is CCC(=O)O[Si](Br)(Br)OC(=O)CC. The summed E-state index contributed by atoms with van der Waals surface area (Å²) in [6.45, 7) is 3.32. The van der Waals surface area contributed by atoms with Crippen molar-refractivity contribution in [3.8, 4) is 0 Å². The van der Waals surface area contributed by atoms with Crippen LogP contribution in [0.2, 0.25) is 0 Å². The first-order chi connectivity index (χ1) is 5.91. The maximum absolute atomic E-state index is 10.9. The van der Waals surface area contributed by atoms with Crippen molar-refractivity contribution in [2.75, 3.05) is 0 Å². The molecule has 0 radical (unpaired) electrons. The third-order valence-electron chi connectivity index (χ3n) is 1.04. The predicted molar refractivity (Wildman–Crippen MR) is 56.4 cm³/mol. The Morgan fingerprint density at radius 2 is 1.38 bits per heavy atom. The van der Waals surface area contributed by atoms with Crippen LogP contribution in [0.15, 0.2) is 0 Å². The van der Waals surface area contributed by atoms with Crippen molar-refractivity contribution >= 4 is 48.3 Å². The second-order valence-corrected chi connectivity index (χ2v) is 12.9. The second kappa shape index (κ2) is 5.76. The van der Waals surface area contributed by atoms with Gasteiger partial charge in [0, 0.05) is 12.8 Å². The van der Waals surface area contributed by atoms with Gasteiger partial charge in [0.15, 0.2) is 0 Å². The molecule has 0 aliphatic rings.